The van der Waals surface area contributed by atoms with Crippen molar-refractivity contribution in [2.24, 2.45) is 5.92 Å². The molecule has 0 unspecified atom stereocenters. The van der Waals surface area contributed by atoms with Crippen LogP contribution in [0.4, 0.5) is 0 Å². The minimum atomic E-state index is -0.0383. The van der Waals surface area contributed by atoms with Crippen LogP contribution in [0, 0.1) is 24.7 Å². The van der Waals surface area contributed by atoms with Crippen molar-refractivity contribution in [3.63, 3.8) is 0 Å². The van der Waals surface area contributed by atoms with E-state index in [2.05, 4.69) is 31.0 Å². The van der Waals surface area contributed by atoms with Crippen molar-refractivity contribution < 1.29 is 9.90 Å². The molecule has 0 saturated carbocycles. The summed E-state index contributed by atoms with van der Waals surface area (Å²) in [6.07, 6.45) is 1.45. The lowest BCUT2D eigenvalue weighted by Crippen LogP contribution is -2.25. The summed E-state index contributed by atoms with van der Waals surface area (Å²) in [6.45, 7) is 6.98. The van der Waals surface area contributed by atoms with Crippen molar-refractivity contribution >= 4 is 5.91 Å². The normalized spacial score (nSPS) is 10.1. The fourth-order valence-corrected chi connectivity index (χ4v) is 1.74. The Morgan fingerprint density at radius 3 is 2.75 bits per heavy atom. The largest absolute Gasteiger partial charge is 0.395 e. The molecule has 3 heteroatoms. The van der Waals surface area contributed by atoms with Gasteiger partial charge in [0.2, 0.25) is 0 Å². The highest BCUT2D eigenvalue weighted by Gasteiger charge is 2.06. The summed E-state index contributed by atoms with van der Waals surface area (Å²) in [6, 6.07) is 5.51. The van der Waals surface area contributed by atoms with Crippen molar-refractivity contribution in [3.8, 4) is 11.8 Å². The molecule has 3 nitrogen and oxygen atoms in total. The Morgan fingerprint density at radius 1 is 1.40 bits per heavy atom. The molecule has 1 aromatic carbocycles. The van der Waals surface area contributed by atoms with Crippen molar-refractivity contribution in [1.29, 1.82) is 0 Å². The van der Waals surface area contributed by atoms with Crippen LogP contribution in [0.5, 0.6) is 0 Å². The Bertz CT molecular complexity index is 509. The summed E-state index contributed by atoms with van der Waals surface area (Å²) < 4.78 is 0. The number of carbonyl (C=O) groups is 1. The Balaban J connectivity index is 2.67. The topological polar surface area (TPSA) is 49.3 Å². The van der Waals surface area contributed by atoms with Gasteiger partial charge in [-0.2, -0.15) is 0 Å². The third kappa shape index (κ3) is 5.46. The number of hydrogen-bond acceptors (Lipinski definition) is 2. The van der Waals surface area contributed by atoms with Gasteiger partial charge in [-0.15, -0.1) is 0 Å². The maximum atomic E-state index is 12.0. The van der Waals surface area contributed by atoms with Gasteiger partial charge in [-0.3, -0.25) is 4.79 Å². The van der Waals surface area contributed by atoms with Gasteiger partial charge >= 0.3 is 0 Å². The molecule has 0 radical (unpaired) electrons. The van der Waals surface area contributed by atoms with Crippen LogP contribution < -0.4 is 5.32 Å². The molecule has 1 aromatic rings. The molecular weight excluding hydrogens is 250 g/mol. The quantitative estimate of drug-likeness (QED) is 0.810. The van der Waals surface area contributed by atoms with Gasteiger partial charge in [0, 0.05) is 24.1 Å². The Hall–Kier alpha value is -1.79. The van der Waals surface area contributed by atoms with Crippen LogP contribution in [0.25, 0.3) is 0 Å². The van der Waals surface area contributed by atoms with Gasteiger partial charge in [0.25, 0.3) is 5.91 Å². The SMILES string of the molecule is Cc1cc(C(=O)NCCC(C)C)ccc1C#CCCO. The maximum Gasteiger partial charge on any atom is 0.251 e. The Morgan fingerprint density at radius 2 is 2.15 bits per heavy atom. The summed E-state index contributed by atoms with van der Waals surface area (Å²) >= 11 is 0. The van der Waals surface area contributed by atoms with Crippen LogP contribution in [0.1, 0.15) is 48.2 Å². The van der Waals surface area contributed by atoms with Gasteiger partial charge in [-0.25, -0.2) is 0 Å². The molecule has 0 aliphatic heterocycles. The lowest BCUT2D eigenvalue weighted by Gasteiger charge is -2.08. The van der Waals surface area contributed by atoms with Gasteiger partial charge in [-0.1, -0.05) is 25.7 Å². The zero-order chi connectivity index (χ0) is 15.0. The molecule has 0 aliphatic carbocycles. The minimum absolute atomic E-state index is 0.0383. The van der Waals surface area contributed by atoms with E-state index in [0.717, 1.165) is 17.5 Å². The van der Waals surface area contributed by atoms with Crippen LogP contribution in [0.15, 0.2) is 18.2 Å². The predicted molar refractivity (Wildman–Crippen MR) is 81.5 cm³/mol. The van der Waals surface area contributed by atoms with Gasteiger partial charge in [0.05, 0.1) is 6.61 Å². The molecule has 0 bridgehead atoms. The van der Waals surface area contributed by atoms with Crippen LogP contribution in [0.3, 0.4) is 0 Å². The minimum Gasteiger partial charge on any atom is -0.395 e. The number of aliphatic hydroxyl groups excluding tert-OH is 1. The smallest absolute Gasteiger partial charge is 0.251 e. The fourth-order valence-electron chi connectivity index (χ4n) is 1.74. The van der Waals surface area contributed by atoms with Crippen molar-refractivity contribution in [2.75, 3.05) is 13.2 Å². The van der Waals surface area contributed by atoms with Crippen LogP contribution in [0.2, 0.25) is 0 Å². The van der Waals surface area contributed by atoms with Crippen molar-refractivity contribution in [3.05, 3.63) is 34.9 Å². The number of hydrogen-bond donors (Lipinski definition) is 2. The number of rotatable bonds is 5. The molecule has 1 rings (SSSR count). The molecule has 2 N–H and O–H groups in total. The van der Waals surface area contributed by atoms with E-state index in [-0.39, 0.29) is 12.5 Å². The molecule has 1 amide bonds. The van der Waals surface area contributed by atoms with Gasteiger partial charge < -0.3 is 10.4 Å². The summed E-state index contributed by atoms with van der Waals surface area (Å²) in [7, 11) is 0. The van der Waals surface area contributed by atoms with Gasteiger partial charge in [0.1, 0.15) is 0 Å². The Labute approximate surface area is 121 Å². The second kappa shape index (κ2) is 8.39. The molecule has 0 spiro atoms. The molecule has 20 heavy (non-hydrogen) atoms. The number of aliphatic hydroxyl groups is 1. The average Bonchev–Trinajstić information content (AvgIpc) is 2.40. The summed E-state index contributed by atoms with van der Waals surface area (Å²) in [4.78, 5) is 12.0. The van der Waals surface area contributed by atoms with E-state index >= 15 is 0 Å². The maximum absolute atomic E-state index is 12.0. The third-order valence-corrected chi connectivity index (χ3v) is 2.96. The third-order valence-electron chi connectivity index (χ3n) is 2.96. The van der Waals surface area contributed by atoms with E-state index in [9.17, 15) is 4.79 Å². The number of benzene rings is 1. The first-order valence-electron chi connectivity index (χ1n) is 7.03. The zero-order valence-corrected chi connectivity index (χ0v) is 12.5. The lowest BCUT2D eigenvalue weighted by atomic mass is 10.0. The van der Waals surface area contributed by atoms with E-state index < -0.39 is 0 Å². The number of nitrogens with one attached hydrogen (secondary N) is 1. The van der Waals surface area contributed by atoms with Crippen LogP contribution in [-0.2, 0) is 0 Å². The van der Waals surface area contributed by atoms with E-state index in [0.29, 0.717) is 24.4 Å². The van der Waals surface area contributed by atoms with E-state index in [1.165, 1.54) is 0 Å². The highest BCUT2D eigenvalue weighted by Crippen LogP contribution is 2.10. The van der Waals surface area contributed by atoms with Gasteiger partial charge in [0.15, 0.2) is 0 Å². The summed E-state index contributed by atoms with van der Waals surface area (Å²) in [5.41, 5.74) is 2.54. The summed E-state index contributed by atoms with van der Waals surface area (Å²) in [5, 5.41) is 11.6. The molecule has 0 atom stereocenters. The highest BCUT2D eigenvalue weighted by atomic mass is 16.2. The monoisotopic (exact) mass is 273 g/mol. The molecule has 0 saturated heterocycles. The molecule has 0 fully saturated rings. The fraction of sp³-hybridized carbons (Fsp3) is 0.471. The Kier molecular flexibility index (Phi) is 6.83. The number of amides is 1. The molecular formula is C17H23NO2. The summed E-state index contributed by atoms with van der Waals surface area (Å²) in [5.74, 6) is 6.43. The first kappa shape index (κ1) is 16.3. The van der Waals surface area contributed by atoms with Crippen molar-refractivity contribution in [1.82, 2.24) is 5.32 Å². The molecule has 108 valence electrons. The number of carbonyl (C=O) groups excluding carboxylic acids is 1. The van der Waals surface area contributed by atoms with Crippen molar-refractivity contribution in [2.45, 2.75) is 33.6 Å². The van der Waals surface area contributed by atoms with Crippen LogP contribution in [-0.4, -0.2) is 24.2 Å². The lowest BCUT2D eigenvalue weighted by molar-refractivity contribution is 0.0952. The predicted octanol–water partition coefficient (Wildman–Crippen LogP) is 2.50. The average molecular weight is 273 g/mol. The first-order chi connectivity index (χ1) is 9.54. The molecule has 0 heterocycles. The van der Waals surface area contributed by atoms with Crippen LogP contribution >= 0.6 is 0 Å². The molecule has 0 aromatic heterocycles. The van der Waals surface area contributed by atoms with Gasteiger partial charge in [-0.05, 0) is 43.0 Å². The zero-order valence-electron chi connectivity index (χ0n) is 12.5. The first-order valence-corrected chi connectivity index (χ1v) is 7.03. The standard InChI is InChI=1S/C17H23NO2/c1-13(2)9-10-18-17(20)16-8-7-15(14(3)12-16)6-4-5-11-19/h7-8,12-13,19H,5,9-11H2,1-3H3,(H,18,20). The van der Waals surface area contributed by atoms with E-state index in [1.54, 1.807) is 6.07 Å². The second-order valence-corrected chi connectivity index (χ2v) is 5.24. The number of aryl methyl sites for hydroxylation is 1. The van der Waals surface area contributed by atoms with E-state index in [1.807, 2.05) is 19.1 Å². The molecule has 0 aliphatic rings. The highest BCUT2D eigenvalue weighted by molar-refractivity contribution is 5.94. The second-order valence-electron chi connectivity index (χ2n) is 5.24. The van der Waals surface area contributed by atoms with E-state index in [4.69, 9.17) is 5.11 Å².